The predicted octanol–water partition coefficient (Wildman–Crippen LogP) is 4.65. The topological polar surface area (TPSA) is 57.6 Å². The number of nitrogens with zero attached hydrogens (tertiary/aromatic N) is 1. The summed E-state index contributed by atoms with van der Waals surface area (Å²) in [7, 11) is -4.19. The number of sulfonamides is 1. The van der Waals surface area contributed by atoms with Crippen LogP contribution in [0.25, 0.3) is 0 Å². The molecule has 2 aromatic carbocycles. The Labute approximate surface area is 162 Å². The fourth-order valence-electron chi connectivity index (χ4n) is 2.47. The van der Waals surface area contributed by atoms with Crippen molar-refractivity contribution >= 4 is 38.9 Å². The highest BCUT2D eigenvalue weighted by atomic mass is 35.5. The number of benzene rings is 2. The van der Waals surface area contributed by atoms with Crippen molar-refractivity contribution in [3.05, 3.63) is 71.0 Å². The first-order valence-corrected chi connectivity index (χ1v) is 9.92. The Morgan fingerprint density at radius 1 is 1.19 bits per heavy atom. The smallest absolute Gasteiger partial charge is 0.264 e. The van der Waals surface area contributed by atoms with Crippen LogP contribution in [-0.4, -0.2) is 25.7 Å². The minimum Gasteiger partial charge on any atom is -0.391 e. The van der Waals surface area contributed by atoms with Crippen LogP contribution < -0.4 is 4.31 Å². The number of anilines is 1. The highest BCUT2D eigenvalue weighted by Gasteiger charge is 2.34. The van der Waals surface area contributed by atoms with Gasteiger partial charge in [-0.1, -0.05) is 29.3 Å². The van der Waals surface area contributed by atoms with Crippen LogP contribution >= 0.6 is 23.2 Å². The van der Waals surface area contributed by atoms with Gasteiger partial charge in [-0.2, -0.15) is 0 Å². The molecule has 0 saturated carbocycles. The van der Waals surface area contributed by atoms with Gasteiger partial charge in [0.1, 0.15) is 5.82 Å². The Morgan fingerprint density at radius 3 is 2.35 bits per heavy atom. The normalized spacial score (nSPS) is 13.9. The lowest BCUT2D eigenvalue weighted by molar-refractivity contribution is 0.155. The third kappa shape index (κ3) is 4.38. The molecule has 0 saturated heterocycles. The van der Waals surface area contributed by atoms with E-state index in [1.54, 1.807) is 0 Å². The van der Waals surface area contributed by atoms with E-state index < -0.39 is 28.0 Å². The van der Waals surface area contributed by atoms with Crippen molar-refractivity contribution in [3.63, 3.8) is 0 Å². The van der Waals surface area contributed by atoms with Crippen LogP contribution in [0, 0.1) is 5.82 Å². The van der Waals surface area contributed by atoms with Crippen LogP contribution in [0.3, 0.4) is 0 Å². The van der Waals surface area contributed by atoms with E-state index in [-0.39, 0.29) is 22.0 Å². The summed E-state index contributed by atoms with van der Waals surface area (Å²) in [6, 6.07) is 8.12. The van der Waals surface area contributed by atoms with Crippen molar-refractivity contribution in [2.45, 2.75) is 30.4 Å². The average molecular weight is 418 g/mol. The third-order valence-corrected chi connectivity index (χ3v) is 6.25. The molecule has 0 fully saturated rings. The third-order valence-electron chi connectivity index (χ3n) is 3.85. The summed E-state index contributed by atoms with van der Waals surface area (Å²) in [5, 5.41) is 10.8. The zero-order valence-electron chi connectivity index (χ0n) is 13.9. The first-order valence-electron chi connectivity index (χ1n) is 7.72. The van der Waals surface area contributed by atoms with E-state index in [4.69, 9.17) is 23.2 Å². The van der Waals surface area contributed by atoms with Crippen LogP contribution in [-0.2, 0) is 10.0 Å². The van der Waals surface area contributed by atoms with E-state index >= 15 is 0 Å². The van der Waals surface area contributed by atoms with Crippen molar-refractivity contribution in [2.24, 2.45) is 0 Å². The Balaban J connectivity index is 2.65. The summed E-state index contributed by atoms with van der Waals surface area (Å²) >= 11 is 11.8. The second-order valence-electron chi connectivity index (χ2n) is 5.68. The number of hydrogen-bond donors (Lipinski definition) is 1. The molecule has 2 aromatic rings. The van der Waals surface area contributed by atoms with E-state index in [0.717, 1.165) is 10.4 Å². The molecule has 2 rings (SSSR count). The van der Waals surface area contributed by atoms with E-state index in [0.29, 0.717) is 5.02 Å². The maximum atomic E-state index is 14.5. The summed E-state index contributed by atoms with van der Waals surface area (Å²) in [5.41, 5.74) is -0.247. The van der Waals surface area contributed by atoms with Crippen LogP contribution in [0.15, 0.2) is 60.0 Å². The van der Waals surface area contributed by atoms with Crippen LogP contribution in [0.2, 0.25) is 10.0 Å². The highest BCUT2D eigenvalue weighted by Crippen LogP contribution is 2.32. The van der Waals surface area contributed by atoms with Gasteiger partial charge in [0.25, 0.3) is 10.0 Å². The lowest BCUT2D eigenvalue weighted by atomic mass is 10.1. The van der Waals surface area contributed by atoms with Crippen LogP contribution in [0.4, 0.5) is 10.1 Å². The summed E-state index contributed by atoms with van der Waals surface area (Å²) in [6.07, 6.45) is 0.506. The van der Waals surface area contributed by atoms with Gasteiger partial charge in [-0.3, -0.25) is 4.31 Å². The van der Waals surface area contributed by atoms with Gasteiger partial charge in [0.05, 0.1) is 22.7 Å². The molecule has 0 bridgehead atoms. The molecule has 0 aliphatic rings. The first-order chi connectivity index (χ1) is 12.2. The maximum absolute atomic E-state index is 14.5. The van der Waals surface area contributed by atoms with E-state index in [2.05, 4.69) is 6.58 Å². The van der Waals surface area contributed by atoms with Crippen molar-refractivity contribution in [1.82, 2.24) is 0 Å². The number of rotatable bonds is 7. The summed E-state index contributed by atoms with van der Waals surface area (Å²) in [6.45, 7) is 5.03. The van der Waals surface area contributed by atoms with Gasteiger partial charge in [-0.05, 0) is 55.8 Å². The molecular weight excluding hydrogens is 400 g/mol. The number of halogens is 3. The molecule has 8 heteroatoms. The predicted molar refractivity (Wildman–Crippen MR) is 103 cm³/mol. The standard InChI is InChI=1S/C18H18Cl2FNO3S/c1-3-4-18(23)12(2)22(17-11-14(20)7-10-16(17)21)26(24,25)15-8-5-13(19)6-9-15/h3,5-12,18,23H,1,4H2,2H3. The largest absolute Gasteiger partial charge is 0.391 e. The van der Waals surface area contributed by atoms with Gasteiger partial charge in [0.2, 0.25) is 0 Å². The van der Waals surface area contributed by atoms with Gasteiger partial charge in [-0.25, -0.2) is 12.8 Å². The minimum absolute atomic E-state index is 0.0843. The quantitative estimate of drug-likeness (QED) is 0.666. The molecule has 0 amide bonds. The van der Waals surface area contributed by atoms with Crippen molar-refractivity contribution < 1.29 is 17.9 Å². The van der Waals surface area contributed by atoms with Crippen molar-refractivity contribution in [2.75, 3.05) is 4.31 Å². The molecule has 1 N–H and O–H groups in total. The van der Waals surface area contributed by atoms with Gasteiger partial charge in [0, 0.05) is 10.0 Å². The fraction of sp³-hybridized carbons (Fsp3) is 0.222. The Bertz CT molecular complexity index is 888. The molecule has 0 aliphatic heterocycles. The molecule has 0 aliphatic carbocycles. The Hall–Kier alpha value is -1.60. The molecule has 140 valence electrons. The molecule has 0 aromatic heterocycles. The zero-order chi connectivity index (χ0) is 19.5. The number of aliphatic hydroxyl groups is 1. The van der Waals surface area contributed by atoms with Crippen molar-refractivity contribution in [1.29, 1.82) is 0 Å². The molecule has 2 unspecified atom stereocenters. The molecular formula is C18H18Cl2FNO3S. The van der Waals surface area contributed by atoms with E-state index in [1.807, 2.05) is 0 Å². The maximum Gasteiger partial charge on any atom is 0.264 e. The molecule has 4 nitrogen and oxygen atoms in total. The summed E-state index contributed by atoms with van der Waals surface area (Å²) in [5.74, 6) is -0.774. The molecule has 0 radical (unpaired) electrons. The average Bonchev–Trinajstić information content (AvgIpc) is 2.58. The minimum atomic E-state index is -4.19. The van der Waals surface area contributed by atoms with Gasteiger partial charge < -0.3 is 5.11 Å². The molecule has 0 heterocycles. The summed E-state index contributed by atoms with van der Waals surface area (Å²) < 4.78 is 41.7. The van der Waals surface area contributed by atoms with Gasteiger partial charge in [-0.15, -0.1) is 6.58 Å². The Kier molecular flexibility index (Phi) is 6.69. The van der Waals surface area contributed by atoms with Crippen LogP contribution in [0.1, 0.15) is 13.3 Å². The second-order valence-corrected chi connectivity index (χ2v) is 8.37. The SMILES string of the molecule is C=CCC(O)C(C)N(c1cc(Cl)ccc1F)S(=O)(=O)c1ccc(Cl)cc1. The molecule has 2 atom stereocenters. The number of hydrogen-bond acceptors (Lipinski definition) is 3. The van der Waals surface area contributed by atoms with Crippen LogP contribution in [0.5, 0.6) is 0 Å². The molecule has 26 heavy (non-hydrogen) atoms. The number of aliphatic hydroxyl groups excluding tert-OH is 1. The fourth-order valence-corrected chi connectivity index (χ4v) is 4.44. The summed E-state index contributed by atoms with van der Waals surface area (Å²) in [4.78, 5) is -0.0843. The van der Waals surface area contributed by atoms with Gasteiger partial charge >= 0.3 is 0 Å². The molecule has 0 spiro atoms. The Morgan fingerprint density at radius 2 is 1.77 bits per heavy atom. The van der Waals surface area contributed by atoms with Gasteiger partial charge in [0.15, 0.2) is 0 Å². The monoisotopic (exact) mass is 417 g/mol. The lowest BCUT2D eigenvalue weighted by Crippen LogP contribution is -2.45. The van der Waals surface area contributed by atoms with E-state index in [1.165, 1.54) is 49.4 Å². The second kappa shape index (κ2) is 8.39. The zero-order valence-corrected chi connectivity index (χ0v) is 16.3. The van der Waals surface area contributed by atoms with Crippen molar-refractivity contribution in [3.8, 4) is 0 Å². The van der Waals surface area contributed by atoms with E-state index in [9.17, 15) is 17.9 Å². The first kappa shape index (κ1) is 20.7. The lowest BCUT2D eigenvalue weighted by Gasteiger charge is -2.33. The highest BCUT2D eigenvalue weighted by molar-refractivity contribution is 7.92.